The monoisotopic (exact) mass is 579 g/mol. The molecule has 11 nitrogen and oxygen atoms in total. The summed E-state index contributed by atoms with van der Waals surface area (Å²) in [5, 5.41) is 16.0. The number of piperidine rings is 2. The lowest BCUT2D eigenvalue weighted by atomic mass is 9.91. The molecule has 220 valence electrons. The second kappa shape index (κ2) is 10.0. The highest BCUT2D eigenvalue weighted by atomic mass is 19.3. The first-order valence-electron chi connectivity index (χ1n) is 14.3. The minimum absolute atomic E-state index is 0.0414. The Labute approximate surface area is 239 Å². The summed E-state index contributed by atoms with van der Waals surface area (Å²) in [6, 6.07) is 7.36. The van der Waals surface area contributed by atoms with Gasteiger partial charge in [-0.15, -0.1) is 0 Å². The third-order valence-corrected chi connectivity index (χ3v) is 8.62. The number of likely N-dealkylation sites (tertiary alicyclic amines) is 1. The van der Waals surface area contributed by atoms with Crippen LogP contribution in [0.5, 0.6) is 0 Å². The van der Waals surface area contributed by atoms with E-state index in [9.17, 15) is 23.5 Å². The molecule has 1 aromatic carbocycles. The van der Waals surface area contributed by atoms with Gasteiger partial charge in [0.05, 0.1) is 30.2 Å². The molecular weight excluding hydrogens is 548 g/mol. The molecule has 1 aliphatic carbocycles. The summed E-state index contributed by atoms with van der Waals surface area (Å²) in [6.07, 6.45) is 6.68. The number of hydrogen-bond acceptors (Lipinski definition) is 8. The van der Waals surface area contributed by atoms with Gasteiger partial charge in [-0.05, 0) is 49.9 Å². The molecule has 0 radical (unpaired) electrons. The highest BCUT2D eigenvalue weighted by Crippen LogP contribution is 2.39. The van der Waals surface area contributed by atoms with Crippen molar-refractivity contribution in [3.05, 3.63) is 65.0 Å². The van der Waals surface area contributed by atoms with E-state index in [0.717, 1.165) is 18.5 Å². The first-order chi connectivity index (χ1) is 20.2. The van der Waals surface area contributed by atoms with E-state index in [2.05, 4.69) is 15.1 Å². The summed E-state index contributed by atoms with van der Waals surface area (Å²) < 4.78 is 35.6. The van der Waals surface area contributed by atoms with Gasteiger partial charge in [-0.1, -0.05) is 0 Å². The maximum atomic E-state index is 13.5. The van der Waals surface area contributed by atoms with Crippen LogP contribution in [0, 0.1) is 0 Å². The molecule has 13 heteroatoms. The number of rotatable bonds is 6. The van der Waals surface area contributed by atoms with Crippen molar-refractivity contribution in [2.75, 3.05) is 31.1 Å². The van der Waals surface area contributed by atoms with Crippen molar-refractivity contribution in [3.63, 3.8) is 0 Å². The van der Waals surface area contributed by atoms with Crippen molar-refractivity contribution in [2.24, 2.45) is 0 Å². The number of anilines is 1. The molecule has 1 saturated carbocycles. The molecule has 3 fully saturated rings. The molecule has 0 spiro atoms. The van der Waals surface area contributed by atoms with E-state index in [-0.39, 0.29) is 36.6 Å². The van der Waals surface area contributed by atoms with Crippen molar-refractivity contribution in [1.82, 2.24) is 29.2 Å². The number of benzene rings is 1. The Bertz CT molecular complexity index is 1670. The second-order valence-corrected chi connectivity index (χ2v) is 11.7. The molecule has 0 bridgehead atoms. The molecule has 42 heavy (non-hydrogen) atoms. The SMILES string of the molecule is O=C(c1cnc(C2CC2)o1)N1CCC(O)(Cn2cnc3c(cnn3-c3ccc(N4CCC(F)(F)CC4)cc3)c2=O)CC1. The molecule has 2 aliphatic heterocycles. The quantitative estimate of drug-likeness (QED) is 0.369. The maximum Gasteiger partial charge on any atom is 0.291 e. The maximum absolute atomic E-state index is 13.5. The van der Waals surface area contributed by atoms with Crippen LogP contribution in [-0.2, 0) is 6.54 Å². The molecule has 2 saturated heterocycles. The van der Waals surface area contributed by atoms with E-state index in [0.29, 0.717) is 67.6 Å². The number of carbonyl (C=O) groups is 1. The second-order valence-electron chi connectivity index (χ2n) is 11.7. The Morgan fingerprint density at radius 3 is 2.36 bits per heavy atom. The number of nitrogens with zero attached hydrogens (tertiary/aromatic N) is 7. The van der Waals surface area contributed by atoms with Crippen LogP contribution in [0.2, 0.25) is 0 Å². The summed E-state index contributed by atoms with van der Waals surface area (Å²) in [5.41, 5.74) is 0.420. The lowest BCUT2D eigenvalue weighted by molar-refractivity contribution is -0.0305. The number of aromatic nitrogens is 5. The van der Waals surface area contributed by atoms with Gasteiger partial charge in [0.1, 0.15) is 11.7 Å². The highest BCUT2D eigenvalue weighted by Gasteiger charge is 2.37. The lowest BCUT2D eigenvalue weighted by Gasteiger charge is -2.38. The molecule has 0 atom stereocenters. The average molecular weight is 580 g/mol. The zero-order valence-corrected chi connectivity index (χ0v) is 23.0. The van der Waals surface area contributed by atoms with Crippen LogP contribution in [0.3, 0.4) is 0 Å². The van der Waals surface area contributed by atoms with Gasteiger partial charge in [0.15, 0.2) is 11.5 Å². The zero-order chi connectivity index (χ0) is 29.1. The van der Waals surface area contributed by atoms with Crippen LogP contribution in [0.25, 0.3) is 16.7 Å². The van der Waals surface area contributed by atoms with E-state index < -0.39 is 11.5 Å². The summed E-state index contributed by atoms with van der Waals surface area (Å²) >= 11 is 0. The van der Waals surface area contributed by atoms with Gasteiger partial charge in [-0.2, -0.15) is 5.10 Å². The van der Waals surface area contributed by atoms with Crippen molar-refractivity contribution in [2.45, 2.75) is 62.5 Å². The first-order valence-corrected chi connectivity index (χ1v) is 14.3. The van der Waals surface area contributed by atoms with Gasteiger partial charge in [-0.3, -0.25) is 14.2 Å². The number of hydrogen-bond donors (Lipinski definition) is 1. The predicted octanol–water partition coefficient (Wildman–Crippen LogP) is 3.35. The van der Waals surface area contributed by atoms with E-state index in [4.69, 9.17) is 4.42 Å². The third kappa shape index (κ3) is 5.06. The molecule has 1 N–H and O–H groups in total. The van der Waals surface area contributed by atoms with Crippen molar-refractivity contribution >= 4 is 22.6 Å². The number of alkyl halides is 2. The van der Waals surface area contributed by atoms with Crippen LogP contribution in [0.4, 0.5) is 14.5 Å². The van der Waals surface area contributed by atoms with Crippen LogP contribution in [-0.4, -0.2) is 77.9 Å². The smallest absolute Gasteiger partial charge is 0.291 e. The Morgan fingerprint density at radius 2 is 1.67 bits per heavy atom. The summed E-state index contributed by atoms with van der Waals surface area (Å²) in [7, 11) is 0. The fourth-order valence-electron chi connectivity index (χ4n) is 5.81. The molecule has 5 heterocycles. The molecule has 1 amide bonds. The average Bonchev–Trinajstić information content (AvgIpc) is 3.54. The van der Waals surface area contributed by atoms with E-state index in [1.165, 1.54) is 23.3 Å². The first kappa shape index (κ1) is 26.7. The largest absolute Gasteiger partial charge is 0.435 e. The van der Waals surface area contributed by atoms with Crippen molar-refractivity contribution in [1.29, 1.82) is 0 Å². The molecule has 0 unspecified atom stereocenters. The molecule has 3 aromatic heterocycles. The normalized spacial score (nSPS) is 20.3. The number of amides is 1. The van der Waals surface area contributed by atoms with E-state index >= 15 is 0 Å². The molecule has 3 aliphatic rings. The summed E-state index contributed by atoms with van der Waals surface area (Å²) in [6.45, 7) is 1.28. The fraction of sp³-hybridized carbons (Fsp3) is 0.483. The third-order valence-electron chi connectivity index (χ3n) is 8.62. The standard InChI is InChI=1S/C29H31F2N7O4/c30-29(31)9-13-35(14-10-29)20-3-5-21(6-4-20)38-24-22(15-34-38)26(39)37(18-33-24)17-28(41)7-11-36(12-8-28)27(40)23-16-32-25(42-23)19-1-2-19/h3-6,15-16,18-19,41H,1-2,7-14,17H2. The van der Waals surface area contributed by atoms with Gasteiger partial charge in [-0.25, -0.2) is 23.4 Å². The lowest BCUT2D eigenvalue weighted by Crippen LogP contribution is -2.49. The van der Waals surface area contributed by atoms with Gasteiger partial charge >= 0.3 is 0 Å². The zero-order valence-electron chi connectivity index (χ0n) is 23.0. The van der Waals surface area contributed by atoms with E-state index in [1.807, 2.05) is 29.2 Å². The Balaban J connectivity index is 1.02. The summed E-state index contributed by atoms with van der Waals surface area (Å²) in [5.74, 6) is -1.69. The number of carbonyl (C=O) groups excluding carboxylic acids is 1. The minimum Gasteiger partial charge on any atom is -0.435 e. The number of aliphatic hydroxyl groups is 1. The Kier molecular flexibility index (Phi) is 6.37. The Hall–Kier alpha value is -4.13. The van der Waals surface area contributed by atoms with Crippen LogP contribution >= 0.6 is 0 Å². The number of oxazole rings is 1. The number of fused-ring (bicyclic) bond motifs is 1. The Morgan fingerprint density at radius 1 is 0.976 bits per heavy atom. The molecule has 4 aromatic rings. The van der Waals surface area contributed by atoms with Gasteiger partial charge in [0.2, 0.25) is 5.76 Å². The topological polar surface area (TPSA) is 123 Å². The highest BCUT2D eigenvalue weighted by molar-refractivity contribution is 5.91. The summed E-state index contributed by atoms with van der Waals surface area (Å²) in [4.78, 5) is 38.5. The van der Waals surface area contributed by atoms with Crippen LogP contribution < -0.4 is 10.5 Å². The van der Waals surface area contributed by atoms with Crippen molar-refractivity contribution < 1.29 is 23.1 Å². The number of halogens is 2. The van der Waals surface area contributed by atoms with E-state index in [1.54, 1.807) is 9.58 Å². The minimum atomic E-state index is -2.60. The molecular formula is C29H31F2N7O4. The fourth-order valence-corrected chi connectivity index (χ4v) is 5.81. The van der Waals surface area contributed by atoms with Gasteiger partial charge in [0, 0.05) is 50.6 Å². The van der Waals surface area contributed by atoms with Crippen molar-refractivity contribution in [3.8, 4) is 5.69 Å². The predicted molar refractivity (Wildman–Crippen MR) is 148 cm³/mol. The van der Waals surface area contributed by atoms with Crippen LogP contribution in [0.15, 0.2) is 52.2 Å². The van der Waals surface area contributed by atoms with Gasteiger partial charge < -0.3 is 19.3 Å². The molecule has 7 rings (SSSR count). The van der Waals surface area contributed by atoms with Crippen LogP contribution in [0.1, 0.15) is 60.9 Å². The van der Waals surface area contributed by atoms with Gasteiger partial charge in [0.25, 0.3) is 17.4 Å².